The summed E-state index contributed by atoms with van der Waals surface area (Å²) in [4.78, 5) is 21.3. The SMILES string of the molecule is CCN(CC)CC1CC(C2C(=O)N(Cc3ccccc3)CC2CNC(C)C)N(Cc2ccccc2Cl)C1. The highest BCUT2D eigenvalue weighted by atomic mass is 35.5. The van der Waals surface area contributed by atoms with Crippen LogP contribution < -0.4 is 5.32 Å². The van der Waals surface area contributed by atoms with E-state index in [1.165, 1.54) is 5.56 Å². The van der Waals surface area contributed by atoms with Gasteiger partial charge < -0.3 is 15.1 Å². The molecule has 2 heterocycles. The third-order valence-electron chi connectivity index (χ3n) is 8.26. The average Bonchev–Trinajstić information content (AvgIpc) is 3.42. The summed E-state index contributed by atoms with van der Waals surface area (Å²) in [5.41, 5.74) is 2.35. The van der Waals surface area contributed by atoms with E-state index in [0.717, 1.165) is 62.8 Å². The van der Waals surface area contributed by atoms with Gasteiger partial charge in [-0.15, -0.1) is 0 Å². The van der Waals surface area contributed by atoms with Crippen molar-refractivity contribution in [2.45, 2.75) is 59.3 Å². The van der Waals surface area contributed by atoms with Crippen LogP contribution in [-0.2, 0) is 17.9 Å². The molecular weight excluding hydrogens is 480 g/mol. The summed E-state index contributed by atoms with van der Waals surface area (Å²) < 4.78 is 0. The second kappa shape index (κ2) is 13.2. The Morgan fingerprint density at radius 3 is 2.38 bits per heavy atom. The van der Waals surface area contributed by atoms with Gasteiger partial charge in [0.05, 0.1) is 5.92 Å². The van der Waals surface area contributed by atoms with Crippen molar-refractivity contribution in [3.8, 4) is 0 Å². The summed E-state index contributed by atoms with van der Waals surface area (Å²) in [7, 11) is 0. The number of nitrogens with one attached hydrogen (secondary N) is 1. The number of benzene rings is 2. The molecule has 2 saturated heterocycles. The van der Waals surface area contributed by atoms with Crippen molar-refractivity contribution in [3.05, 3.63) is 70.7 Å². The standard InChI is InChI=1S/C31H45ClN4O/c1-5-34(6-2)18-25-16-29(35(20-25)21-26-14-10-11-15-28(26)32)30-27(17-33-23(3)4)22-36(31(30)37)19-24-12-8-7-9-13-24/h7-15,23,25,27,29-30,33H,5-6,16-22H2,1-4H3. The molecule has 0 radical (unpaired) electrons. The van der Waals surface area contributed by atoms with Gasteiger partial charge in [-0.25, -0.2) is 0 Å². The summed E-state index contributed by atoms with van der Waals surface area (Å²) in [5.74, 6) is 1.17. The lowest BCUT2D eigenvalue weighted by atomic mass is 9.85. The van der Waals surface area contributed by atoms with Crippen molar-refractivity contribution in [2.24, 2.45) is 17.8 Å². The molecule has 1 amide bonds. The van der Waals surface area contributed by atoms with Gasteiger partial charge in [-0.1, -0.05) is 87.8 Å². The maximum atomic E-state index is 14.1. The Morgan fingerprint density at radius 1 is 1.00 bits per heavy atom. The maximum Gasteiger partial charge on any atom is 0.227 e. The van der Waals surface area contributed by atoms with E-state index in [1.54, 1.807) is 0 Å². The van der Waals surface area contributed by atoms with Gasteiger partial charge in [0.15, 0.2) is 0 Å². The highest BCUT2D eigenvalue weighted by molar-refractivity contribution is 6.31. The van der Waals surface area contributed by atoms with E-state index in [1.807, 2.05) is 18.2 Å². The van der Waals surface area contributed by atoms with Gasteiger partial charge in [0.2, 0.25) is 5.91 Å². The maximum absolute atomic E-state index is 14.1. The van der Waals surface area contributed by atoms with Gasteiger partial charge in [-0.3, -0.25) is 9.69 Å². The first-order chi connectivity index (χ1) is 17.9. The number of rotatable bonds is 12. The van der Waals surface area contributed by atoms with E-state index in [4.69, 9.17) is 11.6 Å². The van der Waals surface area contributed by atoms with Crippen LogP contribution >= 0.6 is 11.6 Å². The van der Waals surface area contributed by atoms with Crippen LogP contribution in [0.5, 0.6) is 0 Å². The van der Waals surface area contributed by atoms with Crippen LogP contribution in [0.3, 0.4) is 0 Å². The first kappa shape index (κ1) is 28.1. The lowest BCUT2D eigenvalue weighted by Crippen LogP contribution is -2.43. The van der Waals surface area contributed by atoms with E-state index >= 15 is 0 Å². The van der Waals surface area contributed by atoms with E-state index in [9.17, 15) is 4.79 Å². The fourth-order valence-corrected chi connectivity index (χ4v) is 6.51. The van der Waals surface area contributed by atoms with E-state index in [0.29, 0.717) is 30.3 Å². The molecule has 0 bridgehead atoms. The third-order valence-corrected chi connectivity index (χ3v) is 8.63. The summed E-state index contributed by atoms with van der Waals surface area (Å²) in [6.07, 6.45) is 1.06. The summed E-state index contributed by atoms with van der Waals surface area (Å²) in [5, 5.41) is 4.47. The predicted molar refractivity (Wildman–Crippen MR) is 154 cm³/mol. The molecule has 202 valence electrons. The fourth-order valence-electron chi connectivity index (χ4n) is 6.32. The van der Waals surface area contributed by atoms with Gasteiger partial charge in [0, 0.05) is 62.3 Å². The normalized spacial score (nSPS) is 24.6. The lowest BCUT2D eigenvalue weighted by molar-refractivity contribution is -0.133. The number of amides is 1. The molecule has 4 unspecified atom stereocenters. The fraction of sp³-hybridized carbons (Fsp3) is 0.581. The van der Waals surface area contributed by atoms with Crippen molar-refractivity contribution in [1.29, 1.82) is 0 Å². The van der Waals surface area contributed by atoms with Gasteiger partial charge in [0.25, 0.3) is 0 Å². The number of hydrogen-bond acceptors (Lipinski definition) is 4. The van der Waals surface area contributed by atoms with Gasteiger partial charge in [-0.05, 0) is 42.6 Å². The summed E-state index contributed by atoms with van der Waals surface area (Å²) in [6, 6.07) is 19.2. The number of nitrogens with zero attached hydrogens (tertiary/aromatic N) is 3. The van der Waals surface area contributed by atoms with Gasteiger partial charge >= 0.3 is 0 Å². The molecule has 4 rings (SSSR count). The number of carbonyl (C=O) groups is 1. The Bertz CT molecular complexity index is 996. The molecule has 2 fully saturated rings. The smallest absolute Gasteiger partial charge is 0.227 e. The lowest BCUT2D eigenvalue weighted by Gasteiger charge is -2.32. The molecule has 2 aliphatic heterocycles. The van der Waals surface area contributed by atoms with Crippen LogP contribution in [0.2, 0.25) is 5.02 Å². The van der Waals surface area contributed by atoms with Gasteiger partial charge in [-0.2, -0.15) is 0 Å². The second-order valence-corrected chi connectivity index (χ2v) is 11.6. The Kier molecular flexibility index (Phi) is 10.1. The molecule has 2 aromatic rings. The van der Waals surface area contributed by atoms with Crippen LogP contribution in [0.25, 0.3) is 0 Å². The molecule has 0 aromatic heterocycles. The molecule has 1 N–H and O–H groups in total. The monoisotopic (exact) mass is 524 g/mol. The Hall–Kier alpha value is -1.92. The zero-order chi connectivity index (χ0) is 26.4. The van der Waals surface area contributed by atoms with Crippen molar-refractivity contribution in [2.75, 3.05) is 39.3 Å². The molecule has 6 heteroatoms. The van der Waals surface area contributed by atoms with Crippen LogP contribution in [-0.4, -0.2) is 72.0 Å². The quantitative estimate of drug-likeness (QED) is 0.417. The molecule has 0 spiro atoms. The Morgan fingerprint density at radius 2 is 1.70 bits per heavy atom. The number of hydrogen-bond donors (Lipinski definition) is 1. The van der Waals surface area contributed by atoms with Crippen molar-refractivity contribution >= 4 is 17.5 Å². The first-order valence-electron chi connectivity index (χ1n) is 14.1. The van der Waals surface area contributed by atoms with Crippen molar-refractivity contribution in [1.82, 2.24) is 20.0 Å². The molecule has 2 aromatic carbocycles. The van der Waals surface area contributed by atoms with Crippen LogP contribution in [0.4, 0.5) is 0 Å². The Labute approximate surface area is 229 Å². The zero-order valence-corrected chi connectivity index (χ0v) is 23.8. The molecule has 0 saturated carbocycles. The first-order valence-corrected chi connectivity index (χ1v) is 14.5. The molecule has 0 aliphatic carbocycles. The predicted octanol–water partition coefficient (Wildman–Crippen LogP) is 5.15. The summed E-state index contributed by atoms with van der Waals surface area (Å²) in [6.45, 7) is 16.3. The van der Waals surface area contributed by atoms with Gasteiger partial charge in [0.1, 0.15) is 0 Å². The van der Waals surface area contributed by atoms with Crippen molar-refractivity contribution in [3.63, 3.8) is 0 Å². The van der Waals surface area contributed by atoms with E-state index in [2.05, 4.69) is 84.1 Å². The zero-order valence-electron chi connectivity index (χ0n) is 23.1. The third kappa shape index (κ3) is 7.14. The molecule has 37 heavy (non-hydrogen) atoms. The second-order valence-electron chi connectivity index (χ2n) is 11.2. The molecule has 4 atom stereocenters. The van der Waals surface area contributed by atoms with E-state index < -0.39 is 0 Å². The number of halogens is 1. The minimum Gasteiger partial charge on any atom is -0.338 e. The molecular formula is C31H45ClN4O. The topological polar surface area (TPSA) is 38.8 Å². The molecule has 5 nitrogen and oxygen atoms in total. The minimum absolute atomic E-state index is 0.000784. The highest BCUT2D eigenvalue weighted by Gasteiger charge is 2.49. The molecule has 2 aliphatic rings. The van der Waals surface area contributed by atoms with Crippen LogP contribution in [0.15, 0.2) is 54.6 Å². The van der Waals surface area contributed by atoms with Crippen LogP contribution in [0, 0.1) is 17.8 Å². The largest absolute Gasteiger partial charge is 0.338 e. The van der Waals surface area contributed by atoms with Crippen LogP contribution in [0.1, 0.15) is 45.2 Å². The minimum atomic E-state index is -0.000784. The number of carbonyl (C=O) groups excluding carboxylic acids is 1. The Balaban J connectivity index is 1.60. The van der Waals surface area contributed by atoms with Crippen molar-refractivity contribution < 1.29 is 4.79 Å². The average molecular weight is 525 g/mol. The highest BCUT2D eigenvalue weighted by Crippen LogP contribution is 2.39. The number of likely N-dealkylation sites (tertiary alicyclic amines) is 2. The summed E-state index contributed by atoms with van der Waals surface area (Å²) >= 11 is 6.61. The van der Waals surface area contributed by atoms with E-state index in [-0.39, 0.29) is 12.0 Å².